The first kappa shape index (κ1) is 11.0. The third-order valence-electron chi connectivity index (χ3n) is 1.21. The van der Waals surface area contributed by atoms with Crippen molar-refractivity contribution in [2.75, 3.05) is 7.11 Å². The van der Waals surface area contributed by atoms with Gasteiger partial charge in [0.15, 0.2) is 9.76 Å². The molecule has 0 spiro atoms. The van der Waals surface area contributed by atoms with Crippen LogP contribution in [0.15, 0.2) is 0 Å². The second kappa shape index (κ2) is 3.58. The zero-order valence-corrected chi connectivity index (χ0v) is 8.37. The van der Waals surface area contributed by atoms with E-state index >= 15 is 0 Å². The molecule has 0 aliphatic rings. The molecule has 0 aromatic rings. The topological polar surface area (TPSA) is 9.23 Å². The molecule has 11 heavy (non-hydrogen) atoms. The minimum Gasteiger partial charge on any atom is -0.427 e. The highest BCUT2D eigenvalue weighted by Crippen LogP contribution is 2.37. The molecule has 5 heteroatoms. The Bertz CT molecular complexity index is 121. The molecule has 0 heterocycles. The average Bonchev–Trinajstić information content (AvgIpc) is 1.55. The van der Waals surface area contributed by atoms with E-state index in [9.17, 15) is 13.2 Å². The van der Waals surface area contributed by atoms with Crippen molar-refractivity contribution < 1.29 is 17.6 Å². The third-order valence-corrected chi connectivity index (χ3v) is 2.53. The van der Waals surface area contributed by atoms with Crippen LogP contribution in [0.2, 0.25) is 5.04 Å². The summed E-state index contributed by atoms with van der Waals surface area (Å²) in [5.74, 6) is 0. The van der Waals surface area contributed by atoms with Gasteiger partial charge in [-0.15, -0.1) is 0 Å². The van der Waals surface area contributed by atoms with Crippen LogP contribution in [0.4, 0.5) is 13.2 Å². The summed E-state index contributed by atoms with van der Waals surface area (Å²) in [6.45, 7) is 3.19. The van der Waals surface area contributed by atoms with E-state index in [1.807, 2.05) is 0 Å². The molecule has 0 amide bonds. The van der Waals surface area contributed by atoms with Gasteiger partial charge in [0.05, 0.1) is 0 Å². The molecule has 0 rings (SSSR count). The van der Waals surface area contributed by atoms with Crippen molar-refractivity contribution in [1.29, 1.82) is 0 Å². The standard InChI is InChI=1S/C6H13F3OSi/c1-5(2,11-10-3)4-6(7,8)9/h4,11H2,1-3H3. The van der Waals surface area contributed by atoms with Gasteiger partial charge < -0.3 is 4.43 Å². The van der Waals surface area contributed by atoms with Crippen LogP contribution in [-0.2, 0) is 4.43 Å². The molecule has 0 saturated heterocycles. The van der Waals surface area contributed by atoms with Gasteiger partial charge in [-0.2, -0.15) is 13.2 Å². The Morgan fingerprint density at radius 1 is 1.27 bits per heavy atom. The van der Waals surface area contributed by atoms with Crippen LogP contribution in [0.1, 0.15) is 20.3 Å². The molecule has 0 aromatic carbocycles. The summed E-state index contributed by atoms with van der Waals surface area (Å²) in [5.41, 5.74) is 0. The van der Waals surface area contributed by atoms with Crippen molar-refractivity contribution in [2.24, 2.45) is 0 Å². The van der Waals surface area contributed by atoms with Gasteiger partial charge in [0.25, 0.3) is 0 Å². The molecule has 0 fully saturated rings. The number of rotatable bonds is 3. The summed E-state index contributed by atoms with van der Waals surface area (Å²) >= 11 is 0. The van der Waals surface area contributed by atoms with E-state index in [0.717, 1.165) is 0 Å². The Morgan fingerprint density at radius 3 is 2.00 bits per heavy atom. The second-order valence-electron chi connectivity index (χ2n) is 3.39. The lowest BCUT2D eigenvalue weighted by molar-refractivity contribution is -0.140. The van der Waals surface area contributed by atoms with E-state index < -0.39 is 27.4 Å². The molecule has 68 valence electrons. The number of alkyl halides is 3. The fraction of sp³-hybridized carbons (Fsp3) is 1.00. The smallest absolute Gasteiger partial charge is 0.389 e. The summed E-state index contributed by atoms with van der Waals surface area (Å²) in [4.78, 5) is 0. The van der Waals surface area contributed by atoms with Crippen molar-refractivity contribution in [3.63, 3.8) is 0 Å². The molecule has 0 aliphatic carbocycles. The maximum Gasteiger partial charge on any atom is 0.389 e. The van der Waals surface area contributed by atoms with E-state index in [2.05, 4.69) is 0 Å². The largest absolute Gasteiger partial charge is 0.427 e. The highest BCUT2D eigenvalue weighted by molar-refractivity contribution is 6.31. The van der Waals surface area contributed by atoms with Gasteiger partial charge in [-0.05, 0) is 5.04 Å². The Hall–Kier alpha value is -0.0331. The fourth-order valence-corrected chi connectivity index (χ4v) is 2.15. The second-order valence-corrected chi connectivity index (χ2v) is 6.17. The zero-order valence-electron chi connectivity index (χ0n) is 6.96. The molecule has 0 bridgehead atoms. The third kappa shape index (κ3) is 6.37. The first-order valence-corrected chi connectivity index (χ1v) is 4.61. The van der Waals surface area contributed by atoms with Crippen LogP contribution in [-0.4, -0.2) is 23.0 Å². The molecular weight excluding hydrogens is 173 g/mol. The van der Waals surface area contributed by atoms with Crippen molar-refractivity contribution >= 4 is 9.76 Å². The fourth-order valence-electron chi connectivity index (χ4n) is 0.984. The summed E-state index contributed by atoms with van der Waals surface area (Å²) in [7, 11) is 0.412. The first-order valence-electron chi connectivity index (χ1n) is 3.32. The minimum atomic E-state index is -4.06. The predicted molar refractivity (Wildman–Crippen MR) is 40.3 cm³/mol. The van der Waals surface area contributed by atoms with Gasteiger partial charge in [0.2, 0.25) is 0 Å². The zero-order chi connectivity index (χ0) is 9.12. The van der Waals surface area contributed by atoms with Gasteiger partial charge in [-0.3, -0.25) is 0 Å². The molecule has 0 atom stereocenters. The van der Waals surface area contributed by atoms with Gasteiger partial charge in [0, 0.05) is 13.5 Å². The van der Waals surface area contributed by atoms with Crippen molar-refractivity contribution in [3.05, 3.63) is 0 Å². The Kier molecular flexibility index (Phi) is 3.57. The molecule has 0 N–H and O–H groups in total. The van der Waals surface area contributed by atoms with Crippen LogP contribution in [0.5, 0.6) is 0 Å². The van der Waals surface area contributed by atoms with Crippen LogP contribution in [0.3, 0.4) is 0 Å². The first-order chi connectivity index (χ1) is 4.77. The van der Waals surface area contributed by atoms with Gasteiger partial charge in [0.1, 0.15) is 0 Å². The quantitative estimate of drug-likeness (QED) is 0.611. The minimum absolute atomic E-state index is 0.674. The SMILES string of the molecule is CO[SiH2]C(C)(C)CC(F)(F)F. The lowest BCUT2D eigenvalue weighted by Gasteiger charge is -2.23. The highest BCUT2D eigenvalue weighted by Gasteiger charge is 2.36. The van der Waals surface area contributed by atoms with E-state index in [0.29, 0.717) is 0 Å². The summed E-state index contributed by atoms with van der Waals surface area (Å²) < 4.78 is 40.3. The monoisotopic (exact) mass is 186 g/mol. The van der Waals surface area contributed by atoms with Gasteiger partial charge in [-0.1, -0.05) is 13.8 Å². The number of halogens is 3. The molecule has 0 saturated carbocycles. The van der Waals surface area contributed by atoms with Crippen LogP contribution >= 0.6 is 0 Å². The van der Waals surface area contributed by atoms with E-state index in [4.69, 9.17) is 4.43 Å². The Morgan fingerprint density at radius 2 is 1.73 bits per heavy atom. The van der Waals surface area contributed by atoms with Crippen LogP contribution in [0.25, 0.3) is 0 Å². The molecule has 0 aliphatic heterocycles. The Balaban J connectivity index is 3.91. The lowest BCUT2D eigenvalue weighted by atomic mass is 10.1. The van der Waals surface area contributed by atoms with Crippen molar-refractivity contribution in [2.45, 2.75) is 31.5 Å². The number of hydrogen-bond acceptors (Lipinski definition) is 1. The highest BCUT2D eigenvalue weighted by atomic mass is 28.2. The van der Waals surface area contributed by atoms with Crippen LogP contribution < -0.4 is 0 Å². The van der Waals surface area contributed by atoms with Gasteiger partial charge in [-0.25, -0.2) is 0 Å². The summed E-state index contributed by atoms with van der Waals surface area (Å²) in [6.07, 6.45) is -4.80. The molecule has 0 aromatic heterocycles. The van der Waals surface area contributed by atoms with Crippen molar-refractivity contribution in [3.8, 4) is 0 Å². The maximum atomic E-state index is 11.8. The molecular formula is C6H13F3OSi. The Labute approximate surface area is 66.9 Å². The van der Waals surface area contributed by atoms with E-state index in [1.165, 1.54) is 7.11 Å². The van der Waals surface area contributed by atoms with E-state index in [1.54, 1.807) is 13.8 Å². The average molecular weight is 186 g/mol. The lowest BCUT2D eigenvalue weighted by Crippen LogP contribution is -2.23. The summed E-state index contributed by atoms with van der Waals surface area (Å²) in [6, 6.07) is 0. The molecule has 0 radical (unpaired) electrons. The molecule has 0 unspecified atom stereocenters. The molecule has 1 nitrogen and oxygen atoms in total. The van der Waals surface area contributed by atoms with Gasteiger partial charge >= 0.3 is 6.18 Å². The predicted octanol–water partition coefficient (Wildman–Crippen LogP) is 1.87. The number of hydrogen-bond donors (Lipinski definition) is 0. The summed E-state index contributed by atoms with van der Waals surface area (Å²) in [5, 5.41) is -0.674. The van der Waals surface area contributed by atoms with E-state index in [-0.39, 0.29) is 0 Å². The van der Waals surface area contributed by atoms with Crippen molar-refractivity contribution in [1.82, 2.24) is 0 Å². The maximum absolute atomic E-state index is 11.8. The van der Waals surface area contributed by atoms with Crippen LogP contribution in [0, 0.1) is 0 Å². The normalized spacial score (nSPS) is 14.7.